The van der Waals surface area contributed by atoms with Gasteiger partial charge < -0.3 is 0 Å². The monoisotopic (exact) mass is 173 g/mol. The number of hydrogen-bond acceptors (Lipinski definition) is 1. The zero-order valence-corrected chi connectivity index (χ0v) is 8.46. The fraction of sp³-hybridized carbons (Fsp3) is 0.417. The maximum Gasteiger partial charge on any atom is 0.0669 e. The molecule has 0 radical (unpaired) electrons. The third-order valence-corrected chi connectivity index (χ3v) is 2.25. The second-order valence-electron chi connectivity index (χ2n) is 3.68. The molecule has 13 heavy (non-hydrogen) atoms. The summed E-state index contributed by atoms with van der Waals surface area (Å²) in [5.41, 5.74) is 3.79. The highest BCUT2D eigenvalue weighted by Gasteiger charge is 2.03. The SMILES string of the molecule is Cc1ccc(CC#N)cc1C(C)C. The first-order valence-electron chi connectivity index (χ1n) is 4.61. The van der Waals surface area contributed by atoms with E-state index in [-0.39, 0.29) is 0 Å². The average Bonchev–Trinajstić information content (AvgIpc) is 2.08. The zero-order chi connectivity index (χ0) is 9.84. The van der Waals surface area contributed by atoms with E-state index in [0.29, 0.717) is 12.3 Å². The molecule has 0 N–H and O–H groups in total. The zero-order valence-electron chi connectivity index (χ0n) is 8.46. The third-order valence-electron chi connectivity index (χ3n) is 2.25. The van der Waals surface area contributed by atoms with E-state index in [1.54, 1.807) is 0 Å². The number of hydrogen-bond donors (Lipinski definition) is 0. The Kier molecular flexibility index (Phi) is 3.08. The minimum Gasteiger partial charge on any atom is -0.198 e. The predicted molar refractivity (Wildman–Crippen MR) is 54.6 cm³/mol. The van der Waals surface area contributed by atoms with Crippen molar-refractivity contribution in [2.75, 3.05) is 0 Å². The summed E-state index contributed by atoms with van der Waals surface area (Å²) in [7, 11) is 0. The summed E-state index contributed by atoms with van der Waals surface area (Å²) in [6.45, 7) is 6.47. The summed E-state index contributed by atoms with van der Waals surface area (Å²) in [5, 5.41) is 8.57. The van der Waals surface area contributed by atoms with Crippen molar-refractivity contribution in [2.24, 2.45) is 0 Å². The van der Waals surface area contributed by atoms with Crippen LogP contribution in [0.25, 0.3) is 0 Å². The average molecular weight is 173 g/mol. The maximum absolute atomic E-state index is 8.57. The van der Waals surface area contributed by atoms with Crippen molar-refractivity contribution in [3.8, 4) is 6.07 Å². The maximum atomic E-state index is 8.57. The van der Waals surface area contributed by atoms with E-state index in [2.05, 4.69) is 39.0 Å². The number of aryl methyl sites for hydroxylation is 1. The summed E-state index contributed by atoms with van der Waals surface area (Å²) in [4.78, 5) is 0. The predicted octanol–water partition coefficient (Wildman–Crippen LogP) is 3.18. The van der Waals surface area contributed by atoms with Crippen molar-refractivity contribution in [3.05, 3.63) is 34.9 Å². The summed E-state index contributed by atoms with van der Waals surface area (Å²) < 4.78 is 0. The van der Waals surface area contributed by atoms with Gasteiger partial charge in [0.1, 0.15) is 0 Å². The normalized spacial score (nSPS) is 10.1. The van der Waals surface area contributed by atoms with Crippen LogP contribution in [0.5, 0.6) is 0 Å². The second-order valence-corrected chi connectivity index (χ2v) is 3.68. The van der Waals surface area contributed by atoms with Gasteiger partial charge in [0.15, 0.2) is 0 Å². The Hall–Kier alpha value is -1.29. The Morgan fingerprint density at radius 3 is 2.62 bits per heavy atom. The Morgan fingerprint density at radius 1 is 1.38 bits per heavy atom. The van der Waals surface area contributed by atoms with Gasteiger partial charge in [0.2, 0.25) is 0 Å². The smallest absolute Gasteiger partial charge is 0.0669 e. The molecule has 0 bridgehead atoms. The molecule has 0 aromatic heterocycles. The largest absolute Gasteiger partial charge is 0.198 e. The van der Waals surface area contributed by atoms with E-state index in [0.717, 1.165) is 5.56 Å². The standard InChI is InChI=1S/C12H15N/c1-9(2)12-8-11(6-7-13)5-4-10(12)3/h4-5,8-9H,6H2,1-3H3. The molecule has 0 amide bonds. The van der Waals surface area contributed by atoms with Crippen molar-refractivity contribution >= 4 is 0 Å². The van der Waals surface area contributed by atoms with Crippen LogP contribution in [0.3, 0.4) is 0 Å². The Bertz CT molecular complexity index is 331. The van der Waals surface area contributed by atoms with Crippen LogP contribution in [0.1, 0.15) is 36.5 Å². The van der Waals surface area contributed by atoms with Crippen molar-refractivity contribution in [2.45, 2.75) is 33.1 Å². The van der Waals surface area contributed by atoms with Gasteiger partial charge in [-0.25, -0.2) is 0 Å². The summed E-state index contributed by atoms with van der Waals surface area (Å²) >= 11 is 0. The van der Waals surface area contributed by atoms with E-state index in [1.807, 2.05) is 6.07 Å². The van der Waals surface area contributed by atoms with Gasteiger partial charge in [-0.1, -0.05) is 32.0 Å². The summed E-state index contributed by atoms with van der Waals surface area (Å²) in [6, 6.07) is 8.44. The molecule has 1 heteroatoms. The lowest BCUT2D eigenvalue weighted by Crippen LogP contribution is -1.94. The molecule has 0 saturated carbocycles. The number of nitrogens with zero attached hydrogens (tertiary/aromatic N) is 1. The van der Waals surface area contributed by atoms with E-state index in [9.17, 15) is 0 Å². The topological polar surface area (TPSA) is 23.8 Å². The lowest BCUT2D eigenvalue weighted by molar-refractivity contribution is 0.853. The van der Waals surface area contributed by atoms with Crippen LogP contribution in [0.15, 0.2) is 18.2 Å². The molecule has 0 aliphatic heterocycles. The molecule has 0 unspecified atom stereocenters. The van der Waals surface area contributed by atoms with E-state index in [1.165, 1.54) is 11.1 Å². The van der Waals surface area contributed by atoms with E-state index in [4.69, 9.17) is 5.26 Å². The van der Waals surface area contributed by atoms with Crippen LogP contribution in [-0.4, -0.2) is 0 Å². The lowest BCUT2D eigenvalue weighted by atomic mass is 9.95. The van der Waals surface area contributed by atoms with Gasteiger partial charge in [-0.3, -0.25) is 0 Å². The highest BCUT2D eigenvalue weighted by molar-refractivity contribution is 5.34. The van der Waals surface area contributed by atoms with Gasteiger partial charge >= 0.3 is 0 Å². The molecule has 0 saturated heterocycles. The van der Waals surface area contributed by atoms with Crippen LogP contribution in [-0.2, 0) is 6.42 Å². The fourth-order valence-electron chi connectivity index (χ4n) is 1.51. The van der Waals surface area contributed by atoms with Crippen molar-refractivity contribution in [3.63, 3.8) is 0 Å². The molecule has 1 nitrogen and oxygen atoms in total. The van der Waals surface area contributed by atoms with Crippen molar-refractivity contribution in [1.29, 1.82) is 5.26 Å². The van der Waals surface area contributed by atoms with Crippen LogP contribution >= 0.6 is 0 Å². The van der Waals surface area contributed by atoms with Crippen molar-refractivity contribution in [1.82, 2.24) is 0 Å². The van der Waals surface area contributed by atoms with Gasteiger partial charge in [-0.15, -0.1) is 0 Å². The molecule has 1 rings (SSSR count). The number of rotatable bonds is 2. The molecule has 0 fully saturated rings. The molecular formula is C12H15N. The second kappa shape index (κ2) is 4.09. The fourth-order valence-corrected chi connectivity index (χ4v) is 1.51. The van der Waals surface area contributed by atoms with Gasteiger partial charge in [-0.2, -0.15) is 5.26 Å². The third kappa shape index (κ3) is 2.32. The highest BCUT2D eigenvalue weighted by Crippen LogP contribution is 2.20. The van der Waals surface area contributed by atoms with Crippen LogP contribution in [0.4, 0.5) is 0 Å². The van der Waals surface area contributed by atoms with Gasteiger partial charge in [-0.05, 0) is 29.5 Å². The number of benzene rings is 1. The molecule has 0 spiro atoms. The van der Waals surface area contributed by atoms with Gasteiger partial charge in [0, 0.05) is 0 Å². The Morgan fingerprint density at radius 2 is 2.08 bits per heavy atom. The minimum absolute atomic E-state index is 0.514. The van der Waals surface area contributed by atoms with Gasteiger partial charge in [0.25, 0.3) is 0 Å². The summed E-state index contributed by atoms with van der Waals surface area (Å²) in [5.74, 6) is 0.540. The Balaban J connectivity index is 3.05. The molecule has 1 aromatic carbocycles. The molecule has 0 aliphatic carbocycles. The summed E-state index contributed by atoms with van der Waals surface area (Å²) in [6.07, 6.45) is 0.514. The number of nitriles is 1. The highest BCUT2D eigenvalue weighted by atomic mass is 14.2. The molecule has 1 aromatic rings. The molecule has 0 atom stereocenters. The lowest BCUT2D eigenvalue weighted by Gasteiger charge is -2.10. The first kappa shape index (κ1) is 9.80. The Labute approximate surface area is 80.0 Å². The van der Waals surface area contributed by atoms with Crippen LogP contribution in [0, 0.1) is 18.3 Å². The van der Waals surface area contributed by atoms with E-state index >= 15 is 0 Å². The van der Waals surface area contributed by atoms with Crippen molar-refractivity contribution < 1.29 is 0 Å². The van der Waals surface area contributed by atoms with Crippen LogP contribution in [0.2, 0.25) is 0 Å². The minimum atomic E-state index is 0.514. The first-order chi connectivity index (χ1) is 6.15. The van der Waals surface area contributed by atoms with Crippen LogP contribution < -0.4 is 0 Å². The van der Waals surface area contributed by atoms with Gasteiger partial charge in [0.05, 0.1) is 12.5 Å². The molecule has 0 heterocycles. The molecule has 0 aliphatic rings. The van der Waals surface area contributed by atoms with E-state index < -0.39 is 0 Å². The molecule has 68 valence electrons. The molecular weight excluding hydrogens is 158 g/mol. The quantitative estimate of drug-likeness (QED) is 0.673. The first-order valence-corrected chi connectivity index (χ1v) is 4.61.